The Morgan fingerprint density at radius 3 is 2.94 bits per heavy atom. The van der Waals surface area contributed by atoms with Crippen molar-refractivity contribution >= 4 is 34.5 Å². The van der Waals surface area contributed by atoms with Gasteiger partial charge in [0.15, 0.2) is 5.01 Å². The van der Waals surface area contributed by atoms with Gasteiger partial charge < -0.3 is 4.74 Å². The van der Waals surface area contributed by atoms with Crippen LogP contribution < -0.4 is 4.74 Å². The SMILES string of the molecule is CC(Oc1cccc(Cl)c1)c1nnc(CCCl)s1. The number of ether oxygens (including phenoxy) is 1. The fourth-order valence-electron chi connectivity index (χ4n) is 1.41. The van der Waals surface area contributed by atoms with Gasteiger partial charge in [0, 0.05) is 17.3 Å². The van der Waals surface area contributed by atoms with Crippen LogP contribution in [0.4, 0.5) is 0 Å². The van der Waals surface area contributed by atoms with Gasteiger partial charge in [-0.3, -0.25) is 0 Å². The molecule has 1 aromatic heterocycles. The molecule has 0 aliphatic heterocycles. The van der Waals surface area contributed by atoms with Crippen molar-refractivity contribution in [2.45, 2.75) is 19.4 Å². The van der Waals surface area contributed by atoms with E-state index in [1.807, 2.05) is 25.1 Å². The predicted molar refractivity (Wildman–Crippen MR) is 74.8 cm³/mol. The van der Waals surface area contributed by atoms with Gasteiger partial charge in [-0.05, 0) is 25.1 Å². The van der Waals surface area contributed by atoms with Crippen LogP contribution in [0.1, 0.15) is 23.0 Å². The molecule has 2 aromatic rings. The van der Waals surface area contributed by atoms with Gasteiger partial charge in [0.1, 0.15) is 16.9 Å². The second-order valence-corrected chi connectivity index (χ2v) is 5.60. The van der Waals surface area contributed by atoms with Crippen molar-refractivity contribution < 1.29 is 4.74 Å². The van der Waals surface area contributed by atoms with E-state index in [0.717, 1.165) is 22.2 Å². The lowest BCUT2D eigenvalue weighted by Gasteiger charge is -2.11. The Hall–Kier alpha value is -0.840. The molecule has 3 nitrogen and oxygen atoms in total. The molecule has 0 saturated carbocycles. The molecule has 0 spiro atoms. The molecule has 18 heavy (non-hydrogen) atoms. The van der Waals surface area contributed by atoms with Crippen LogP contribution in [0.2, 0.25) is 5.02 Å². The van der Waals surface area contributed by atoms with Crippen molar-refractivity contribution in [3.63, 3.8) is 0 Å². The van der Waals surface area contributed by atoms with Crippen molar-refractivity contribution in [3.8, 4) is 5.75 Å². The summed E-state index contributed by atoms with van der Waals surface area (Å²) in [5.74, 6) is 1.28. The molecule has 0 aliphatic rings. The lowest BCUT2D eigenvalue weighted by molar-refractivity contribution is 0.225. The highest BCUT2D eigenvalue weighted by molar-refractivity contribution is 7.11. The highest BCUT2D eigenvalue weighted by Crippen LogP contribution is 2.26. The Balaban J connectivity index is 2.04. The zero-order chi connectivity index (χ0) is 13.0. The molecular formula is C12H12Cl2N2OS. The number of nitrogens with zero attached hydrogens (tertiary/aromatic N) is 2. The zero-order valence-electron chi connectivity index (χ0n) is 9.77. The number of aromatic nitrogens is 2. The van der Waals surface area contributed by atoms with Gasteiger partial charge in [-0.2, -0.15) is 0 Å². The van der Waals surface area contributed by atoms with E-state index >= 15 is 0 Å². The Bertz CT molecular complexity index is 518. The third kappa shape index (κ3) is 3.57. The molecule has 1 atom stereocenters. The van der Waals surface area contributed by atoms with Crippen LogP contribution in [0.25, 0.3) is 0 Å². The van der Waals surface area contributed by atoms with Gasteiger partial charge in [0.2, 0.25) is 0 Å². The summed E-state index contributed by atoms with van der Waals surface area (Å²) in [5.41, 5.74) is 0. The highest BCUT2D eigenvalue weighted by atomic mass is 35.5. The first-order chi connectivity index (χ1) is 8.69. The van der Waals surface area contributed by atoms with E-state index in [-0.39, 0.29) is 6.10 Å². The van der Waals surface area contributed by atoms with Crippen molar-refractivity contribution in [1.82, 2.24) is 10.2 Å². The van der Waals surface area contributed by atoms with Crippen LogP contribution in [-0.4, -0.2) is 16.1 Å². The average molecular weight is 303 g/mol. The van der Waals surface area contributed by atoms with Gasteiger partial charge in [-0.15, -0.1) is 21.8 Å². The maximum atomic E-state index is 5.90. The van der Waals surface area contributed by atoms with Gasteiger partial charge in [-0.25, -0.2) is 0 Å². The lowest BCUT2D eigenvalue weighted by atomic mass is 10.3. The number of hydrogen-bond donors (Lipinski definition) is 0. The number of benzene rings is 1. The van der Waals surface area contributed by atoms with Gasteiger partial charge in [-0.1, -0.05) is 29.0 Å². The van der Waals surface area contributed by atoms with Crippen LogP contribution >= 0.6 is 34.5 Å². The highest BCUT2D eigenvalue weighted by Gasteiger charge is 2.13. The maximum absolute atomic E-state index is 5.90. The molecule has 0 radical (unpaired) electrons. The van der Waals surface area contributed by atoms with Crippen molar-refractivity contribution in [3.05, 3.63) is 39.3 Å². The van der Waals surface area contributed by atoms with E-state index in [4.69, 9.17) is 27.9 Å². The van der Waals surface area contributed by atoms with E-state index in [0.29, 0.717) is 10.9 Å². The fraction of sp³-hybridized carbons (Fsp3) is 0.333. The van der Waals surface area contributed by atoms with Crippen LogP contribution in [0, 0.1) is 0 Å². The number of rotatable bonds is 5. The largest absolute Gasteiger partial charge is 0.483 e. The van der Waals surface area contributed by atoms with Crippen LogP contribution in [0.3, 0.4) is 0 Å². The standard InChI is InChI=1S/C12H12Cl2N2OS/c1-8(12-16-15-11(18-12)5-6-13)17-10-4-2-3-9(14)7-10/h2-4,7-8H,5-6H2,1H3. The first kappa shape index (κ1) is 13.6. The van der Waals surface area contributed by atoms with Crippen LogP contribution in [0.15, 0.2) is 24.3 Å². The van der Waals surface area contributed by atoms with E-state index in [9.17, 15) is 0 Å². The second-order valence-electron chi connectivity index (χ2n) is 3.69. The molecule has 1 heterocycles. The summed E-state index contributed by atoms with van der Waals surface area (Å²) in [5, 5.41) is 10.6. The number of hydrogen-bond acceptors (Lipinski definition) is 4. The first-order valence-corrected chi connectivity index (χ1v) is 7.22. The molecule has 0 fully saturated rings. The quantitative estimate of drug-likeness (QED) is 0.780. The Labute approximate surface area is 120 Å². The maximum Gasteiger partial charge on any atom is 0.157 e. The smallest absolute Gasteiger partial charge is 0.157 e. The Kier molecular flexibility index (Phi) is 4.80. The molecular weight excluding hydrogens is 291 g/mol. The van der Waals surface area contributed by atoms with E-state index in [1.165, 1.54) is 11.3 Å². The molecule has 0 bridgehead atoms. The molecule has 6 heteroatoms. The summed E-state index contributed by atoms with van der Waals surface area (Å²) in [6, 6.07) is 7.30. The minimum absolute atomic E-state index is 0.148. The molecule has 0 amide bonds. The monoisotopic (exact) mass is 302 g/mol. The number of alkyl halides is 1. The predicted octanol–water partition coefficient (Wildman–Crippen LogP) is 4.11. The fourth-order valence-corrected chi connectivity index (χ4v) is 2.70. The minimum atomic E-state index is -0.148. The summed E-state index contributed by atoms with van der Waals surface area (Å²) in [7, 11) is 0. The Morgan fingerprint density at radius 1 is 1.39 bits per heavy atom. The van der Waals surface area contributed by atoms with Crippen molar-refractivity contribution in [2.24, 2.45) is 0 Å². The van der Waals surface area contributed by atoms with Crippen LogP contribution in [-0.2, 0) is 6.42 Å². The summed E-state index contributed by atoms with van der Waals surface area (Å²) in [6.07, 6.45) is 0.591. The lowest BCUT2D eigenvalue weighted by Crippen LogP contribution is -2.02. The third-order valence-corrected chi connectivity index (χ3v) is 3.82. The molecule has 0 aliphatic carbocycles. The summed E-state index contributed by atoms with van der Waals surface area (Å²) in [4.78, 5) is 0. The van der Waals surface area contributed by atoms with Gasteiger partial charge in [0.25, 0.3) is 0 Å². The van der Waals surface area contributed by atoms with Crippen molar-refractivity contribution in [2.75, 3.05) is 5.88 Å². The zero-order valence-corrected chi connectivity index (χ0v) is 12.1. The summed E-state index contributed by atoms with van der Waals surface area (Å²) in [6.45, 7) is 1.94. The third-order valence-electron chi connectivity index (χ3n) is 2.25. The van der Waals surface area contributed by atoms with E-state index in [2.05, 4.69) is 10.2 Å². The number of halogens is 2. The van der Waals surface area contributed by atoms with Gasteiger partial charge >= 0.3 is 0 Å². The molecule has 0 saturated heterocycles. The first-order valence-electron chi connectivity index (χ1n) is 5.49. The molecule has 1 unspecified atom stereocenters. The minimum Gasteiger partial charge on any atom is -0.483 e. The van der Waals surface area contributed by atoms with E-state index in [1.54, 1.807) is 6.07 Å². The topological polar surface area (TPSA) is 35.0 Å². The van der Waals surface area contributed by atoms with Gasteiger partial charge in [0.05, 0.1) is 0 Å². The molecule has 1 aromatic carbocycles. The second kappa shape index (κ2) is 6.36. The summed E-state index contributed by atoms with van der Waals surface area (Å²) >= 11 is 13.1. The Morgan fingerprint density at radius 2 is 2.22 bits per heavy atom. The van der Waals surface area contributed by atoms with E-state index < -0.39 is 0 Å². The molecule has 0 N–H and O–H groups in total. The van der Waals surface area contributed by atoms with Crippen molar-refractivity contribution in [1.29, 1.82) is 0 Å². The number of aryl methyl sites for hydroxylation is 1. The summed E-state index contributed by atoms with van der Waals surface area (Å²) < 4.78 is 5.76. The molecule has 96 valence electrons. The van der Waals surface area contributed by atoms with Crippen LogP contribution in [0.5, 0.6) is 5.75 Å². The normalized spacial score (nSPS) is 12.4. The molecule has 2 rings (SSSR count). The average Bonchev–Trinajstić information content (AvgIpc) is 2.78.